The number of nitrogens with one attached hydrogen (secondary N) is 1. The van der Waals surface area contributed by atoms with Crippen LogP contribution in [0.1, 0.15) is 11.5 Å². The average molecular weight is 349 g/mol. The molecule has 0 bridgehead atoms. The Morgan fingerprint density at radius 2 is 2.00 bits per heavy atom. The summed E-state index contributed by atoms with van der Waals surface area (Å²) < 4.78 is 31.9. The molecule has 0 aliphatic heterocycles. The minimum Gasteiger partial charge on any atom is -0.339 e. The first-order chi connectivity index (χ1) is 11.0. The Hall–Kier alpha value is -2.03. The highest BCUT2D eigenvalue weighted by atomic mass is 32.2. The predicted octanol–water partition coefficient (Wildman–Crippen LogP) is 2.63. The molecule has 0 atom stereocenters. The van der Waals surface area contributed by atoms with Crippen molar-refractivity contribution in [3.63, 3.8) is 0 Å². The first-order valence-corrected chi connectivity index (χ1v) is 9.34. The third kappa shape index (κ3) is 3.84. The molecule has 3 rings (SSSR count). The van der Waals surface area contributed by atoms with Gasteiger partial charge < -0.3 is 4.52 Å². The number of hydrogen-bond acceptors (Lipinski definition) is 6. The van der Waals surface area contributed by atoms with E-state index in [0.29, 0.717) is 22.3 Å². The molecule has 0 aliphatic rings. The lowest BCUT2D eigenvalue weighted by Gasteiger charge is -2.02. The maximum atomic E-state index is 12.0. The summed E-state index contributed by atoms with van der Waals surface area (Å²) in [6.45, 7) is 2.21. The van der Waals surface area contributed by atoms with Gasteiger partial charge in [-0.15, -0.1) is 11.3 Å². The average Bonchev–Trinajstić information content (AvgIpc) is 3.19. The third-order valence-corrected chi connectivity index (χ3v) is 6.03. The lowest BCUT2D eigenvalue weighted by atomic mass is 10.1. The van der Waals surface area contributed by atoms with E-state index in [1.54, 1.807) is 17.5 Å². The second kappa shape index (κ2) is 6.61. The first-order valence-electron chi connectivity index (χ1n) is 6.97. The van der Waals surface area contributed by atoms with Crippen LogP contribution in [0.4, 0.5) is 0 Å². The van der Waals surface area contributed by atoms with Gasteiger partial charge in [0.05, 0.1) is 0 Å². The summed E-state index contributed by atoms with van der Waals surface area (Å²) in [6.07, 6.45) is 0.337. The third-order valence-electron chi connectivity index (χ3n) is 3.17. The highest BCUT2D eigenvalue weighted by Crippen LogP contribution is 2.17. The molecule has 23 heavy (non-hydrogen) atoms. The Morgan fingerprint density at radius 3 is 2.70 bits per heavy atom. The van der Waals surface area contributed by atoms with E-state index in [0.717, 1.165) is 11.1 Å². The zero-order chi connectivity index (χ0) is 16.3. The summed E-state index contributed by atoms with van der Waals surface area (Å²) in [4.78, 5) is 4.28. The van der Waals surface area contributed by atoms with Gasteiger partial charge in [-0.1, -0.05) is 41.1 Å². The van der Waals surface area contributed by atoms with E-state index in [2.05, 4.69) is 14.9 Å². The van der Waals surface area contributed by atoms with Gasteiger partial charge in [-0.25, -0.2) is 13.1 Å². The molecular weight excluding hydrogens is 334 g/mol. The number of thiophene rings is 1. The lowest BCUT2D eigenvalue weighted by molar-refractivity contribution is 0.379. The molecule has 0 unspecified atom stereocenters. The molecule has 0 saturated carbocycles. The van der Waals surface area contributed by atoms with Crippen LogP contribution in [-0.2, 0) is 16.4 Å². The smallest absolute Gasteiger partial charge is 0.250 e. The first kappa shape index (κ1) is 15.9. The normalized spacial score (nSPS) is 11.7. The molecule has 0 saturated heterocycles. The highest BCUT2D eigenvalue weighted by Gasteiger charge is 2.15. The van der Waals surface area contributed by atoms with Crippen LogP contribution >= 0.6 is 11.3 Å². The van der Waals surface area contributed by atoms with Crippen LogP contribution in [0.25, 0.3) is 11.4 Å². The summed E-state index contributed by atoms with van der Waals surface area (Å²) in [6, 6.07) is 11.0. The molecule has 0 spiro atoms. The highest BCUT2D eigenvalue weighted by molar-refractivity contribution is 7.91. The molecule has 1 N–H and O–H groups in total. The number of nitrogens with zero attached hydrogens (tertiary/aromatic N) is 2. The Bertz CT molecular complexity index is 869. The number of rotatable bonds is 6. The van der Waals surface area contributed by atoms with E-state index < -0.39 is 10.0 Å². The molecule has 8 heteroatoms. The molecule has 6 nitrogen and oxygen atoms in total. The second-order valence-electron chi connectivity index (χ2n) is 4.96. The molecule has 0 amide bonds. The topological polar surface area (TPSA) is 85.1 Å². The van der Waals surface area contributed by atoms with Gasteiger partial charge in [0.15, 0.2) is 0 Å². The summed E-state index contributed by atoms with van der Waals surface area (Å²) in [5.41, 5.74) is 2.02. The monoisotopic (exact) mass is 349 g/mol. The summed E-state index contributed by atoms with van der Waals surface area (Å²) in [5, 5.41) is 5.64. The van der Waals surface area contributed by atoms with Crippen molar-refractivity contribution in [1.29, 1.82) is 0 Å². The van der Waals surface area contributed by atoms with Crippen LogP contribution < -0.4 is 4.72 Å². The molecule has 2 aromatic heterocycles. The van der Waals surface area contributed by atoms with E-state index in [4.69, 9.17) is 4.52 Å². The van der Waals surface area contributed by atoms with Gasteiger partial charge >= 0.3 is 0 Å². The zero-order valence-corrected chi connectivity index (χ0v) is 14.0. The van der Waals surface area contributed by atoms with Crippen LogP contribution in [0.15, 0.2) is 50.5 Å². The van der Waals surface area contributed by atoms with Crippen LogP contribution in [0.3, 0.4) is 0 Å². The van der Waals surface area contributed by atoms with Crippen LogP contribution in [0.2, 0.25) is 0 Å². The molecule has 0 fully saturated rings. The SMILES string of the molecule is Cc1ccc(-c2noc(CCNS(=O)(=O)c3cccs3)n2)cc1. The van der Waals surface area contributed by atoms with E-state index in [1.807, 2.05) is 31.2 Å². The van der Waals surface area contributed by atoms with Crippen LogP contribution in [0, 0.1) is 6.92 Å². The van der Waals surface area contributed by atoms with Crippen LogP contribution in [0.5, 0.6) is 0 Å². The van der Waals surface area contributed by atoms with Gasteiger partial charge in [-0.05, 0) is 18.4 Å². The van der Waals surface area contributed by atoms with Gasteiger partial charge in [-0.2, -0.15) is 4.98 Å². The summed E-state index contributed by atoms with van der Waals surface area (Å²) in [5.74, 6) is 0.899. The van der Waals surface area contributed by atoms with E-state index in [9.17, 15) is 8.42 Å². The molecule has 0 aliphatic carbocycles. The van der Waals surface area contributed by atoms with Crippen molar-refractivity contribution >= 4 is 21.4 Å². The minimum atomic E-state index is -3.46. The Balaban J connectivity index is 1.61. The maximum Gasteiger partial charge on any atom is 0.250 e. The molecule has 1 aromatic carbocycles. The minimum absolute atomic E-state index is 0.204. The molecule has 0 radical (unpaired) electrons. The fourth-order valence-electron chi connectivity index (χ4n) is 1.96. The fourth-order valence-corrected chi connectivity index (χ4v) is 4.03. The van der Waals surface area contributed by atoms with Gasteiger partial charge in [-0.3, -0.25) is 0 Å². The molecule has 120 valence electrons. The number of benzene rings is 1. The quantitative estimate of drug-likeness (QED) is 0.739. The van der Waals surface area contributed by atoms with Crippen molar-refractivity contribution in [3.05, 3.63) is 53.2 Å². The molecule has 2 heterocycles. The van der Waals surface area contributed by atoms with E-state index >= 15 is 0 Å². The van der Waals surface area contributed by atoms with Crippen molar-refractivity contribution in [2.24, 2.45) is 0 Å². The Labute approximate surface area is 138 Å². The summed E-state index contributed by atoms with van der Waals surface area (Å²) in [7, 11) is -3.46. The van der Waals surface area contributed by atoms with Gasteiger partial charge in [0.1, 0.15) is 4.21 Å². The second-order valence-corrected chi connectivity index (χ2v) is 7.90. The molecule has 3 aromatic rings. The number of hydrogen-bond donors (Lipinski definition) is 1. The number of aromatic nitrogens is 2. The van der Waals surface area contributed by atoms with Crippen molar-refractivity contribution in [2.45, 2.75) is 17.6 Å². The largest absolute Gasteiger partial charge is 0.339 e. The standard InChI is InChI=1S/C15H15N3O3S2/c1-11-4-6-12(7-5-11)15-17-13(21-18-15)8-9-16-23(19,20)14-3-2-10-22-14/h2-7,10,16H,8-9H2,1H3. The van der Waals surface area contributed by atoms with Crippen molar-refractivity contribution < 1.29 is 12.9 Å². The van der Waals surface area contributed by atoms with Crippen LogP contribution in [-0.4, -0.2) is 25.1 Å². The Kier molecular flexibility index (Phi) is 4.56. The summed E-state index contributed by atoms with van der Waals surface area (Å²) >= 11 is 1.18. The van der Waals surface area contributed by atoms with Gasteiger partial charge in [0, 0.05) is 18.5 Å². The zero-order valence-electron chi connectivity index (χ0n) is 12.4. The molecular formula is C15H15N3O3S2. The van der Waals surface area contributed by atoms with Gasteiger partial charge in [0.25, 0.3) is 0 Å². The van der Waals surface area contributed by atoms with Gasteiger partial charge in [0.2, 0.25) is 21.7 Å². The predicted molar refractivity (Wildman–Crippen MR) is 87.7 cm³/mol. The van der Waals surface area contributed by atoms with Crippen molar-refractivity contribution in [3.8, 4) is 11.4 Å². The fraction of sp³-hybridized carbons (Fsp3) is 0.200. The maximum absolute atomic E-state index is 12.0. The van der Waals surface area contributed by atoms with Crippen molar-refractivity contribution in [2.75, 3.05) is 6.54 Å². The van der Waals surface area contributed by atoms with Crippen molar-refractivity contribution in [1.82, 2.24) is 14.9 Å². The lowest BCUT2D eigenvalue weighted by Crippen LogP contribution is -2.25. The number of sulfonamides is 1. The van der Waals surface area contributed by atoms with E-state index in [-0.39, 0.29) is 6.54 Å². The Morgan fingerprint density at radius 1 is 1.22 bits per heavy atom. The number of aryl methyl sites for hydroxylation is 1. The van der Waals surface area contributed by atoms with E-state index in [1.165, 1.54) is 11.3 Å².